The van der Waals surface area contributed by atoms with E-state index in [1.54, 1.807) is 0 Å². The van der Waals surface area contributed by atoms with E-state index in [1.165, 1.54) is 5.56 Å². The maximum Gasteiger partial charge on any atom is 0.337 e. The molecule has 3 heterocycles. The molecule has 0 aromatic heterocycles. The maximum atomic E-state index is 13.1. The lowest BCUT2D eigenvalue weighted by atomic mass is 9.67. The molecule has 1 N–H and O–H groups in total. The molecule has 0 bridgehead atoms. The average Bonchev–Trinajstić information content (AvgIpc) is 3.44. The summed E-state index contributed by atoms with van der Waals surface area (Å²) in [5, 5.41) is 13.5. The van der Waals surface area contributed by atoms with Gasteiger partial charge in [0.05, 0.1) is 36.9 Å². The van der Waals surface area contributed by atoms with Crippen LogP contribution in [0.1, 0.15) is 123 Å². The Kier molecular flexibility index (Phi) is 10.7. The van der Waals surface area contributed by atoms with Crippen LogP contribution in [0.5, 0.6) is 0 Å². The zero-order valence-corrected chi connectivity index (χ0v) is 35.6. The number of benzene rings is 3. The number of allylic oxidation sites excluding steroid dienone is 2. The van der Waals surface area contributed by atoms with Crippen molar-refractivity contribution in [2.75, 3.05) is 25.0 Å². The molecule has 0 spiro atoms. The highest BCUT2D eigenvalue weighted by Gasteiger charge is 2.41. The number of unbranched alkanes of at least 4 members (excludes halogenated alkanes) is 2. The number of carboxylic acids is 1. The van der Waals surface area contributed by atoms with Gasteiger partial charge in [0, 0.05) is 59.7 Å². The van der Waals surface area contributed by atoms with Gasteiger partial charge in [-0.05, 0) is 97.7 Å². The Balaban J connectivity index is 1.35. The van der Waals surface area contributed by atoms with Crippen LogP contribution in [-0.4, -0.2) is 53.7 Å². The van der Waals surface area contributed by atoms with Crippen molar-refractivity contribution in [1.82, 2.24) is 9.64 Å². The summed E-state index contributed by atoms with van der Waals surface area (Å²) in [7, 11) is 2.11. The molecule has 0 atom stereocenters. The first kappa shape index (κ1) is 40.4. The topological polar surface area (TPSA) is 90.2 Å². The minimum Gasteiger partial charge on any atom is -0.478 e. The molecular formula is C44H46Cl4N3O5+. The number of carbonyl (C=O) groups excluding carboxylic acids is 2. The predicted molar refractivity (Wildman–Crippen MR) is 225 cm³/mol. The van der Waals surface area contributed by atoms with E-state index in [4.69, 9.17) is 51.2 Å². The summed E-state index contributed by atoms with van der Waals surface area (Å²) >= 11 is 27.0. The molecule has 1 fully saturated rings. The first-order chi connectivity index (χ1) is 26.3. The first-order valence-electron chi connectivity index (χ1n) is 19.1. The van der Waals surface area contributed by atoms with Gasteiger partial charge in [-0.1, -0.05) is 79.3 Å². The molecule has 3 aromatic carbocycles. The largest absolute Gasteiger partial charge is 0.478 e. The molecule has 3 aromatic rings. The SMILES string of the molecule is C=C1CCC(=O)N1OC(=O)CCCCCN1c2cc3c(cc2C(C)=CC1(C)C)C(c1c(Cl)c(Cl)c(Cl)c(Cl)c1C(=O)O)=c1cc2c(cc1C3(C)C)=[N+](C)CCC2. The number of anilines is 1. The van der Waals surface area contributed by atoms with Crippen molar-refractivity contribution in [3.8, 4) is 0 Å². The highest BCUT2D eigenvalue weighted by Crippen LogP contribution is 2.51. The Morgan fingerprint density at radius 3 is 2.30 bits per heavy atom. The molecule has 294 valence electrons. The van der Waals surface area contributed by atoms with E-state index < -0.39 is 17.4 Å². The average molecular weight is 839 g/mol. The van der Waals surface area contributed by atoms with Crippen molar-refractivity contribution in [1.29, 1.82) is 0 Å². The van der Waals surface area contributed by atoms with E-state index in [0.717, 1.165) is 87.9 Å². The van der Waals surface area contributed by atoms with Gasteiger partial charge in [-0.15, -0.1) is 5.06 Å². The van der Waals surface area contributed by atoms with Crippen LogP contribution < -0.4 is 20.1 Å². The van der Waals surface area contributed by atoms with Gasteiger partial charge >= 0.3 is 11.9 Å². The number of carboxylic acid groups (broad SMARTS) is 1. The van der Waals surface area contributed by atoms with Crippen molar-refractivity contribution in [2.45, 2.75) is 96.9 Å². The van der Waals surface area contributed by atoms with E-state index in [0.29, 0.717) is 30.5 Å². The standard InChI is InChI=1S/C44H45Cl4N3O5/c1-23-22-43(3,4)50(17-10-8-9-13-34(53)56-51-24(2)14-15-33(51)52)32-21-30-28(19-26(23)32)35(36-37(42(54)55)39(46)41(48)40(47)38(36)45)27-18-25-12-11-16-49(7)31(25)20-29(27)44(30,5)6/h18-22H,2,8-17H2,1,3-7H3/p+1. The van der Waals surface area contributed by atoms with Crippen molar-refractivity contribution in [3.63, 3.8) is 0 Å². The Bertz CT molecular complexity index is 2420. The van der Waals surface area contributed by atoms with Crippen LogP contribution >= 0.6 is 46.4 Å². The summed E-state index contributed by atoms with van der Waals surface area (Å²) < 4.78 is 2.28. The van der Waals surface area contributed by atoms with Gasteiger partial charge in [0.15, 0.2) is 0 Å². The Morgan fingerprint density at radius 1 is 0.911 bits per heavy atom. The predicted octanol–water partition coefficient (Wildman–Crippen LogP) is 9.11. The molecule has 1 amide bonds. The smallest absolute Gasteiger partial charge is 0.337 e. The van der Waals surface area contributed by atoms with Crippen molar-refractivity contribution >= 4 is 81.1 Å². The normalized spacial score (nSPS) is 18.0. The van der Waals surface area contributed by atoms with E-state index in [9.17, 15) is 19.5 Å². The summed E-state index contributed by atoms with van der Waals surface area (Å²) in [5.41, 5.74) is 7.66. The van der Waals surface area contributed by atoms with Crippen LogP contribution in [-0.2, 0) is 26.3 Å². The third-order valence-electron chi connectivity index (χ3n) is 11.9. The molecule has 8 nitrogen and oxygen atoms in total. The highest BCUT2D eigenvalue weighted by molar-refractivity contribution is 6.53. The fourth-order valence-corrected chi connectivity index (χ4v) is 10.1. The van der Waals surface area contributed by atoms with E-state index in [2.05, 4.69) is 88.1 Å². The van der Waals surface area contributed by atoms with Gasteiger partial charge in [0.25, 0.3) is 5.91 Å². The van der Waals surface area contributed by atoms with Crippen LogP contribution in [0.2, 0.25) is 20.1 Å². The zero-order chi connectivity index (χ0) is 40.6. The van der Waals surface area contributed by atoms with Gasteiger partial charge in [0.2, 0.25) is 5.36 Å². The van der Waals surface area contributed by atoms with Gasteiger partial charge in [-0.2, -0.15) is 0 Å². The quantitative estimate of drug-likeness (QED) is 0.100. The molecule has 0 unspecified atom stereocenters. The van der Waals surface area contributed by atoms with Crippen LogP contribution in [0.15, 0.2) is 42.6 Å². The molecule has 56 heavy (non-hydrogen) atoms. The summed E-state index contributed by atoms with van der Waals surface area (Å²) in [6, 6.07) is 8.89. The van der Waals surface area contributed by atoms with Crippen LogP contribution in [0.4, 0.5) is 5.69 Å². The highest BCUT2D eigenvalue weighted by atomic mass is 35.5. The van der Waals surface area contributed by atoms with Crippen LogP contribution in [0.3, 0.4) is 0 Å². The number of nitrogens with zero attached hydrogens (tertiary/aromatic N) is 3. The number of aromatic carboxylic acids is 1. The van der Waals surface area contributed by atoms with E-state index in [1.807, 2.05) is 0 Å². The van der Waals surface area contributed by atoms with Gasteiger partial charge in [-0.3, -0.25) is 4.79 Å². The Morgan fingerprint density at radius 2 is 1.62 bits per heavy atom. The maximum absolute atomic E-state index is 13.1. The molecule has 1 aliphatic carbocycles. The Labute approximate surface area is 347 Å². The van der Waals surface area contributed by atoms with Crippen molar-refractivity contribution in [3.05, 3.63) is 112 Å². The minimum atomic E-state index is -1.26. The second-order valence-electron chi connectivity index (χ2n) is 16.4. The minimum absolute atomic E-state index is 0.00155. The third kappa shape index (κ3) is 6.74. The van der Waals surface area contributed by atoms with Crippen LogP contribution in [0.25, 0.3) is 11.1 Å². The summed E-state index contributed by atoms with van der Waals surface area (Å²) in [5.74, 6) is -1.94. The zero-order valence-electron chi connectivity index (χ0n) is 32.6. The number of hydroxylamine groups is 2. The molecule has 3 aliphatic heterocycles. The number of carbonyl (C=O) groups is 3. The van der Waals surface area contributed by atoms with Gasteiger partial charge in [0.1, 0.15) is 13.6 Å². The molecular weight excluding hydrogens is 792 g/mol. The summed E-state index contributed by atoms with van der Waals surface area (Å²) in [6.45, 7) is 16.4. The number of aryl methyl sites for hydroxylation is 1. The number of rotatable bonds is 9. The number of hydrogen-bond acceptors (Lipinski definition) is 5. The fourth-order valence-electron chi connectivity index (χ4n) is 9.03. The molecule has 4 aliphatic rings. The van der Waals surface area contributed by atoms with E-state index in [-0.39, 0.29) is 49.1 Å². The molecule has 1 saturated heterocycles. The van der Waals surface area contributed by atoms with Crippen molar-refractivity contribution in [2.24, 2.45) is 0 Å². The lowest BCUT2D eigenvalue weighted by Crippen LogP contribution is -2.46. The number of hydrogen-bond donors (Lipinski definition) is 1. The third-order valence-corrected chi connectivity index (χ3v) is 13.7. The van der Waals surface area contributed by atoms with Crippen LogP contribution in [0, 0.1) is 0 Å². The van der Waals surface area contributed by atoms with Crippen molar-refractivity contribution < 1.29 is 24.3 Å². The molecule has 12 heteroatoms. The lowest BCUT2D eigenvalue weighted by Gasteiger charge is -2.45. The van der Waals surface area contributed by atoms with Gasteiger partial charge in [-0.25, -0.2) is 14.2 Å². The second-order valence-corrected chi connectivity index (χ2v) is 18.0. The monoisotopic (exact) mass is 836 g/mol. The summed E-state index contributed by atoms with van der Waals surface area (Å²) in [6.07, 6.45) is 7.38. The number of halogens is 4. The number of fused-ring (bicyclic) bond motifs is 4. The first-order valence-corrected chi connectivity index (χ1v) is 20.6. The molecule has 0 saturated carbocycles. The van der Waals surface area contributed by atoms with Gasteiger partial charge < -0.3 is 14.8 Å². The molecule has 7 rings (SSSR count). The van der Waals surface area contributed by atoms with E-state index >= 15 is 0 Å². The Hall–Kier alpha value is -3.82. The second kappa shape index (κ2) is 14.8. The lowest BCUT2D eigenvalue weighted by molar-refractivity contribution is -0.186. The fraction of sp³-hybridized carbons (Fsp3) is 0.409. The molecule has 0 radical (unpaired) electrons. The summed E-state index contributed by atoms with van der Waals surface area (Å²) in [4.78, 5) is 45.4. The number of amides is 1.